The van der Waals surface area contributed by atoms with Crippen molar-refractivity contribution < 1.29 is 4.52 Å². The molecule has 1 aliphatic rings. The molecule has 8 nitrogen and oxygen atoms in total. The Kier molecular flexibility index (Phi) is 4.34. The molecule has 0 amide bonds. The van der Waals surface area contributed by atoms with Crippen LogP contribution < -0.4 is 10.5 Å². The summed E-state index contributed by atoms with van der Waals surface area (Å²) in [6.45, 7) is 1.72. The smallest absolute Gasteiger partial charge is 0.277 e. The van der Waals surface area contributed by atoms with Crippen molar-refractivity contribution in [2.45, 2.75) is 19.5 Å². The van der Waals surface area contributed by atoms with Crippen LogP contribution in [0.1, 0.15) is 17.3 Å². The quantitative estimate of drug-likeness (QED) is 0.431. The van der Waals surface area contributed by atoms with Gasteiger partial charge in [-0.3, -0.25) is 4.79 Å². The van der Waals surface area contributed by atoms with Gasteiger partial charge in [-0.2, -0.15) is 10.1 Å². The largest absolute Gasteiger partial charge is 0.362 e. The van der Waals surface area contributed by atoms with Crippen molar-refractivity contribution in [3.63, 3.8) is 0 Å². The second-order valence-corrected chi connectivity index (χ2v) is 7.86. The molecule has 0 unspecified atom stereocenters. The molecular formula is C24H20N6O2. The fourth-order valence-electron chi connectivity index (χ4n) is 4.21. The van der Waals surface area contributed by atoms with Gasteiger partial charge in [-0.25, -0.2) is 4.52 Å². The Balaban J connectivity index is 1.23. The zero-order valence-corrected chi connectivity index (χ0v) is 17.3. The van der Waals surface area contributed by atoms with Gasteiger partial charge < -0.3 is 14.0 Å². The molecule has 0 N–H and O–H groups in total. The van der Waals surface area contributed by atoms with E-state index in [9.17, 15) is 4.79 Å². The van der Waals surface area contributed by atoms with Crippen molar-refractivity contribution in [1.82, 2.24) is 24.3 Å². The third kappa shape index (κ3) is 3.26. The van der Waals surface area contributed by atoms with E-state index in [1.54, 1.807) is 27.5 Å². The number of fused-ring (bicyclic) bond motifs is 2. The molecule has 0 bridgehead atoms. The van der Waals surface area contributed by atoms with E-state index in [0.29, 0.717) is 23.8 Å². The highest BCUT2D eigenvalue weighted by Crippen LogP contribution is 2.28. The highest BCUT2D eigenvalue weighted by molar-refractivity contribution is 5.65. The lowest BCUT2D eigenvalue weighted by atomic mass is 10.1. The lowest BCUT2D eigenvalue weighted by molar-refractivity contribution is 0.370. The van der Waals surface area contributed by atoms with E-state index in [-0.39, 0.29) is 12.1 Å². The summed E-state index contributed by atoms with van der Waals surface area (Å²) in [6, 6.07) is 20.0. The molecule has 1 aliphatic heterocycles. The molecule has 0 radical (unpaired) electrons. The van der Waals surface area contributed by atoms with E-state index in [1.807, 2.05) is 36.4 Å². The van der Waals surface area contributed by atoms with Crippen LogP contribution in [0.25, 0.3) is 16.8 Å². The molecule has 0 saturated heterocycles. The fourth-order valence-corrected chi connectivity index (χ4v) is 4.21. The summed E-state index contributed by atoms with van der Waals surface area (Å²) in [5.74, 6) is 1.02. The van der Waals surface area contributed by atoms with E-state index < -0.39 is 0 Å². The van der Waals surface area contributed by atoms with Crippen molar-refractivity contribution >= 4 is 11.2 Å². The second kappa shape index (κ2) is 7.49. The Bertz CT molecular complexity index is 1470. The highest BCUT2D eigenvalue weighted by atomic mass is 16.5. The van der Waals surface area contributed by atoms with Gasteiger partial charge in [0.25, 0.3) is 5.56 Å². The first-order valence-corrected chi connectivity index (χ1v) is 10.5. The first-order valence-electron chi connectivity index (χ1n) is 10.5. The summed E-state index contributed by atoms with van der Waals surface area (Å²) in [4.78, 5) is 19.8. The zero-order chi connectivity index (χ0) is 21.5. The number of hydrogen-bond acceptors (Lipinski definition) is 6. The van der Waals surface area contributed by atoms with Crippen LogP contribution >= 0.6 is 0 Å². The molecule has 32 heavy (non-hydrogen) atoms. The van der Waals surface area contributed by atoms with Crippen molar-refractivity contribution in [3.8, 4) is 11.3 Å². The Morgan fingerprint density at radius 3 is 2.72 bits per heavy atom. The van der Waals surface area contributed by atoms with Crippen molar-refractivity contribution in [1.29, 1.82) is 0 Å². The summed E-state index contributed by atoms with van der Waals surface area (Å²) in [6.07, 6.45) is 4.48. The van der Waals surface area contributed by atoms with Gasteiger partial charge >= 0.3 is 0 Å². The van der Waals surface area contributed by atoms with Crippen LogP contribution in [0.3, 0.4) is 0 Å². The van der Waals surface area contributed by atoms with E-state index in [0.717, 1.165) is 24.2 Å². The van der Waals surface area contributed by atoms with E-state index in [1.165, 1.54) is 11.3 Å². The summed E-state index contributed by atoms with van der Waals surface area (Å²) in [5.41, 5.74) is 4.62. The summed E-state index contributed by atoms with van der Waals surface area (Å²) >= 11 is 0. The molecule has 3 aromatic heterocycles. The minimum atomic E-state index is -0.151. The lowest BCUT2D eigenvalue weighted by Crippen LogP contribution is -2.22. The van der Waals surface area contributed by atoms with Crippen molar-refractivity contribution in [2.24, 2.45) is 0 Å². The van der Waals surface area contributed by atoms with Crippen LogP contribution in [0, 0.1) is 0 Å². The molecule has 158 valence electrons. The Labute approximate surface area is 183 Å². The predicted molar refractivity (Wildman–Crippen MR) is 119 cm³/mol. The SMILES string of the molecule is O=c1c2cc(-c3ccccc3)nn2ccn1Cc1noc(CN2CCc3ccccc32)n1. The topological polar surface area (TPSA) is 81.5 Å². The number of benzene rings is 2. The molecule has 0 saturated carbocycles. The average Bonchev–Trinajstić information content (AvgIpc) is 3.56. The normalized spacial score (nSPS) is 13.1. The van der Waals surface area contributed by atoms with Crippen LogP contribution in [0.15, 0.2) is 82.4 Å². The summed E-state index contributed by atoms with van der Waals surface area (Å²) < 4.78 is 8.65. The number of rotatable bonds is 5. The molecule has 0 spiro atoms. The van der Waals surface area contributed by atoms with Gasteiger partial charge in [0.15, 0.2) is 5.82 Å². The molecular weight excluding hydrogens is 404 g/mol. The third-order valence-corrected chi connectivity index (χ3v) is 5.80. The maximum Gasteiger partial charge on any atom is 0.277 e. The number of hydrogen-bond donors (Lipinski definition) is 0. The second-order valence-electron chi connectivity index (χ2n) is 7.86. The van der Waals surface area contributed by atoms with Gasteiger partial charge in [0, 0.05) is 30.2 Å². The lowest BCUT2D eigenvalue weighted by Gasteiger charge is -2.16. The fraction of sp³-hybridized carbons (Fsp3) is 0.167. The minimum Gasteiger partial charge on any atom is -0.362 e. The van der Waals surface area contributed by atoms with Crippen molar-refractivity contribution in [3.05, 3.63) is 101 Å². The van der Waals surface area contributed by atoms with Crippen molar-refractivity contribution in [2.75, 3.05) is 11.4 Å². The number of para-hydroxylation sites is 1. The predicted octanol–water partition coefficient (Wildman–Crippen LogP) is 3.16. The highest BCUT2D eigenvalue weighted by Gasteiger charge is 2.21. The van der Waals surface area contributed by atoms with Gasteiger partial charge in [-0.05, 0) is 24.1 Å². The molecule has 6 rings (SSSR count). The number of aromatic nitrogens is 5. The number of nitrogens with zero attached hydrogens (tertiary/aromatic N) is 6. The maximum atomic E-state index is 13.0. The monoisotopic (exact) mass is 424 g/mol. The molecule has 5 aromatic rings. The summed E-state index contributed by atoms with van der Waals surface area (Å²) in [7, 11) is 0. The van der Waals surface area contributed by atoms with E-state index in [4.69, 9.17) is 4.52 Å². The van der Waals surface area contributed by atoms with Gasteiger partial charge in [0.05, 0.1) is 18.8 Å². The Morgan fingerprint density at radius 2 is 1.81 bits per heavy atom. The van der Waals surface area contributed by atoms with Crippen LogP contribution in [-0.4, -0.2) is 30.9 Å². The average molecular weight is 424 g/mol. The summed E-state index contributed by atoms with van der Waals surface area (Å²) in [5, 5.41) is 8.61. The molecule has 8 heteroatoms. The molecule has 2 aromatic carbocycles. The number of anilines is 1. The Hall–Kier alpha value is -4.20. The molecule has 4 heterocycles. The first kappa shape index (κ1) is 18.6. The van der Waals surface area contributed by atoms with Gasteiger partial charge in [0.1, 0.15) is 5.52 Å². The zero-order valence-electron chi connectivity index (χ0n) is 17.3. The maximum absolute atomic E-state index is 13.0. The molecule has 0 atom stereocenters. The third-order valence-electron chi connectivity index (χ3n) is 5.80. The van der Waals surface area contributed by atoms with Crippen LogP contribution in [0.4, 0.5) is 5.69 Å². The molecule has 0 fully saturated rings. The van der Waals surface area contributed by atoms with Crippen LogP contribution in [-0.2, 0) is 19.5 Å². The molecule has 0 aliphatic carbocycles. The van der Waals surface area contributed by atoms with E-state index >= 15 is 0 Å². The standard InChI is InChI=1S/C24H20N6O2/c31-24-21-14-19(17-6-2-1-3-7-17)26-30(21)13-12-29(24)15-22-25-23(32-27-22)16-28-11-10-18-8-4-5-9-20(18)28/h1-9,12-14H,10-11,15-16H2. The van der Waals surface area contributed by atoms with Crippen LogP contribution in [0.5, 0.6) is 0 Å². The van der Waals surface area contributed by atoms with Crippen LogP contribution in [0.2, 0.25) is 0 Å². The Morgan fingerprint density at radius 1 is 0.969 bits per heavy atom. The van der Waals surface area contributed by atoms with E-state index in [2.05, 4.69) is 38.3 Å². The first-order chi connectivity index (χ1) is 15.7. The minimum absolute atomic E-state index is 0.151. The van der Waals surface area contributed by atoms with Gasteiger partial charge in [-0.1, -0.05) is 53.7 Å². The van der Waals surface area contributed by atoms with Gasteiger partial charge in [-0.15, -0.1) is 0 Å². The van der Waals surface area contributed by atoms with Gasteiger partial charge in [0.2, 0.25) is 5.89 Å².